The van der Waals surface area contributed by atoms with Crippen molar-refractivity contribution < 1.29 is 6.20 Å². The van der Waals surface area contributed by atoms with E-state index < -0.39 is 21.7 Å². The van der Waals surface area contributed by atoms with Crippen molar-refractivity contribution in [1.29, 1.82) is 0 Å². The third-order valence-electron chi connectivity index (χ3n) is 0.554. The van der Waals surface area contributed by atoms with Crippen LogP contribution in [0.2, 0.25) is 0 Å². The Kier molecular flexibility index (Phi) is 1.73. The molecule has 1 rings (SSSR count). The third-order valence-corrected chi connectivity index (χ3v) is 2.38. The van der Waals surface area contributed by atoms with Gasteiger partial charge in [-0.3, -0.25) is 0 Å². The van der Waals surface area contributed by atoms with Crippen molar-refractivity contribution in [1.82, 2.24) is 0 Å². The van der Waals surface area contributed by atoms with Crippen molar-refractivity contribution in [3.05, 3.63) is 0 Å². The van der Waals surface area contributed by atoms with E-state index in [1.54, 1.807) is 0 Å². The zero-order valence-electron chi connectivity index (χ0n) is 3.51. The first kappa shape index (κ1) is 4.86. The van der Waals surface area contributed by atoms with Crippen molar-refractivity contribution in [3.8, 4) is 0 Å². The van der Waals surface area contributed by atoms with Crippen LogP contribution in [0.4, 0.5) is 0 Å². The summed E-state index contributed by atoms with van der Waals surface area (Å²) < 4.78 is 10.0. The zero-order valence-corrected chi connectivity index (χ0v) is 5.84. The van der Waals surface area contributed by atoms with Crippen LogP contribution in [-0.4, -0.2) is 34.5 Å². The first-order valence-electron chi connectivity index (χ1n) is 1.84. The number of rotatable bonds is 0. The SMILES string of the molecule is CC1CO[Te]O1. The minimum absolute atomic E-state index is 0.382. The van der Waals surface area contributed by atoms with E-state index >= 15 is 0 Å². The Balaban J connectivity index is 2.18. The monoisotopic (exact) mass is 204 g/mol. The van der Waals surface area contributed by atoms with Crippen LogP contribution in [-0.2, 0) is 6.20 Å². The Bertz CT molecular complexity index is 42.1. The molecule has 2 nitrogen and oxygen atoms in total. The van der Waals surface area contributed by atoms with Crippen molar-refractivity contribution in [2.75, 3.05) is 6.61 Å². The van der Waals surface area contributed by atoms with Crippen molar-refractivity contribution in [3.63, 3.8) is 0 Å². The first-order valence-corrected chi connectivity index (χ1v) is 3.75. The molecule has 6 heavy (non-hydrogen) atoms. The van der Waals surface area contributed by atoms with E-state index in [0.717, 1.165) is 6.61 Å². The molecule has 1 heterocycles. The molecule has 1 fully saturated rings. The fraction of sp³-hybridized carbons (Fsp3) is 1.00. The molecule has 1 aliphatic rings. The third kappa shape index (κ3) is 1.09. The van der Waals surface area contributed by atoms with Gasteiger partial charge in [0.2, 0.25) is 0 Å². The van der Waals surface area contributed by atoms with Crippen molar-refractivity contribution in [2.45, 2.75) is 13.0 Å². The van der Waals surface area contributed by atoms with E-state index in [2.05, 4.69) is 0 Å². The fourth-order valence-electron chi connectivity index (χ4n) is 0.246. The maximum atomic E-state index is 5.06. The van der Waals surface area contributed by atoms with E-state index in [1.807, 2.05) is 6.92 Å². The van der Waals surface area contributed by atoms with Gasteiger partial charge in [0.1, 0.15) is 0 Å². The summed E-state index contributed by atoms with van der Waals surface area (Å²) in [5.41, 5.74) is 0. The Morgan fingerprint density at radius 1 is 1.83 bits per heavy atom. The molecule has 0 saturated carbocycles. The van der Waals surface area contributed by atoms with E-state index in [0.29, 0.717) is 6.10 Å². The van der Waals surface area contributed by atoms with Crippen LogP contribution in [0.5, 0.6) is 0 Å². The van der Waals surface area contributed by atoms with Gasteiger partial charge >= 0.3 is 47.6 Å². The molecule has 0 N–H and O–H groups in total. The topological polar surface area (TPSA) is 18.5 Å². The second kappa shape index (κ2) is 2.13. The van der Waals surface area contributed by atoms with Crippen LogP contribution in [0.25, 0.3) is 0 Å². The van der Waals surface area contributed by atoms with E-state index in [-0.39, 0.29) is 0 Å². The van der Waals surface area contributed by atoms with Gasteiger partial charge in [-0.25, -0.2) is 0 Å². The molecule has 1 aliphatic heterocycles. The van der Waals surface area contributed by atoms with E-state index in [4.69, 9.17) is 6.20 Å². The summed E-state index contributed by atoms with van der Waals surface area (Å²) in [5, 5.41) is 0. The van der Waals surface area contributed by atoms with Gasteiger partial charge < -0.3 is 0 Å². The molecule has 0 radical (unpaired) electrons. The van der Waals surface area contributed by atoms with Crippen LogP contribution in [0.15, 0.2) is 0 Å². The van der Waals surface area contributed by atoms with Gasteiger partial charge in [0.15, 0.2) is 0 Å². The molecule has 1 atom stereocenters. The van der Waals surface area contributed by atoms with Crippen LogP contribution in [0.1, 0.15) is 6.92 Å². The average molecular weight is 202 g/mol. The van der Waals surface area contributed by atoms with Crippen LogP contribution < -0.4 is 0 Å². The molecular weight excluding hydrogens is 196 g/mol. The molecule has 1 unspecified atom stereocenters. The molecule has 0 aromatic carbocycles. The standard InChI is InChI=1S/C3H6O2Te/c1-3-2-4-6-5-3/h3H,2H2,1H3. The first-order chi connectivity index (χ1) is 2.89. The average Bonchev–Trinajstić information content (AvgIpc) is 1.86. The molecule has 1 saturated heterocycles. The molecule has 0 aromatic rings. The summed E-state index contributed by atoms with van der Waals surface area (Å²) >= 11 is -0.441. The summed E-state index contributed by atoms with van der Waals surface area (Å²) in [6.07, 6.45) is 0.382. The molecule has 36 valence electrons. The normalized spacial score (nSPS) is 34.5. The van der Waals surface area contributed by atoms with Gasteiger partial charge in [-0.15, -0.1) is 0 Å². The predicted octanol–water partition coefficient (Wildman–Crippen LogP) is -0.0441. The number of hydrogen-bond acceptors (Lipinski definition) is 2. The fourth-order valence-corrected chi connectivity index (χ4v) is 1.65. The van der Waals surface area contributed by atoms with Gasteiger partial charge in [-0.05, 0) is 0 Å². The molecule has 3 heteroatoms. The molecule has 0 aromatic heterocycles. The summed E-state index contributed by atoms with van der Waals surface area (Å²) in [5.74, 6) is 0. The molecular formula is C3H6O2Te. The zero-order chi connectivity index (χ0) is 4.41. The Morgan fingerprint density at radius 3 is 2.83 bits per heavy atom. The Labute approximate surface area is 48.0 Å². The molecule has 0 bridgehead atoms. The van der Waals surface area contributed by atoms with Crippen molar-refractivity contribution in [2.24, 2.45) is 0 Å². The summed E-state index contributed by atoms with van der Waals surface area (Å²) in [7, 11) is 0. The maximum absolute atomic E-state index is 5.06. The molecule has 0 spiro atoms. The van der Waals surface area contributed by atoms with Gasteiger partial charge in [-0.2, -0.15) is 0 Å². The minimum atomic E-state index is -0.441. The van der Waals surface area contributed by atoms with Gasteiger partial charge in [0.05, 0.1) is 0 Å². The summed E-state index contributed by atoms with van der Waals surface area (Å²) in [6.45, 7) is 2.85. The van der Waals surface area contributed by atoms with Crippen molar-refractivity contribution >= 4 is 21.7 Å². The second-order valence-electron chi connectivity index (χ2n) is 1.26. The van der Waals surface area contributed by atoms with Gasteiger partial charge in [0.25, 0.3) is 0 Å². The Hall–Kier alpha value is 0.710. The number of hydrogen-bond donors (Lipinski definition) is 0. The summed E-state index contributed by atoms with van der Waals surface area (Å²) in [6, 6.07) is 0. The van der Waals surface area contributed by atoms with E-state index in [9.17, 15) is 0 Å². The van der Waals surface area contributed by atoms with Gasteiger partial charge in [0, 0.05) is 0 Å². The molecule has 0 aliphatic carbocycles. The second-order valence-corrected chi connectivity index (χ2v) is 2.87. The van der Waals surface area contributed by atoms with Crippen LogP contribution in [0, 0.1) is 0 Å². The van der Waals surface area contributed by atoms with E-state index in [1.165, 1.54) is 0 Å². The Morgan fingerprint density at radius 2 is 2.67 bits per heavy atom. The summed E-state index contributed by atoms with van der Waals surface area (Å²) in [4.78, 5) is 0. The molecule has 0 amide bonds. The quantitative estimate of drug-likeness (QED) is 0.512. The van der Waals surface area contributed by atoms with Crippen LogP contribution in [0.3, 0.4) is 0 Å². The predicted molar refractivity (Wildman–Crippen MR) is 22.3 cm³/mol. The van der Waals surface area contributed by atoms with Crippen LogP contribution >= 0.6 is 0 Å². The van der Waals surface area contributed by atoms with Gasteiger partial charge in [-0.1, -0.05) is 0 Å².